The molecule has 0 saturated carbocycles. The van der Waals surface area contributed by atoms with Gasteiger partial charge in [0.05, 0.1) is 48.4 Å². The Morgan fingerprint density at radius 3 is 0.782 bits per heavy atom. The van der Waals surface area contributed by atoms with E-state index in [9.17, 15) is 0 Å². The number of hydrogen-bond acceptors (Lipinski definition) is 0. The Kier molecular flexibility index (Phi) is 12.4. The molecule has 0 aliphatic heterocycles. The highest BCUT2D eigenvalue weighted by Gasteiger charge is 2.51. The van der Waals surface area contributed by atoms with Crippen LogP contribution in [0.15, 0.2) is 58.3 Å². The van der Waals surface area contributed by atoms with Gasteiger partial charge in [-0.1, -0.05) is 225 Å². The lowest BCUT2D eigenvalue weighted by atomic mass is 10.1. The third kappa shape index (κ3) is 8.42. The molecule has 4 rings (SSSR count). The summed E-state index contributed by atoms with van der Waals surface area (Å²) in [5, 5.41) is 17.1. The minimum atomic E-state index is -2.92. The van der Waals surface area contributed by atoms with Crippen LogP contribution in [0, 0.1) is 26.7 Å². The van der Waals surface area contributed by atoms with Gasteiger partial charge in [0.2, 0.25) is 0 Å². The zero-order valence-electron chi connectivity index (χ0n) is 40.5. The largest absolute Gasteiger partial charge is 0.176 e. The van der Waals surface area contributed by atoms with Gasteiger partial charge in [-0.3, -0.25) is 0 Å². The summed E-state index contributed by atoms with van der Waals surface area (Å²) < 4.78 is 0. The van der Waals surface area contributed by atoms with E-state index in [-0.39, 0.29) is 0 Å². The van der Waals surface area contributed by atoms with Gasteiger partial charge in [0, 0.05) is 0 Å². The molecule has 1 atom stereocenters. The average Bonchev–Trinajstić information content (AvgIpc) is 3.15. The Labute approximate surface area is 348 Å². The van der Waals surface area contributed by atoms with Crippen molar-refractivity contribution in [2.75, 3.05) is 0 Å². The van der Waals surface area contributed by atoms with E-state index in [0.717, 1.165) is 0 Å². The topological polar surface area (TPSA) is 0 Å². The molecule has 7 heteroatoms. The first-order chi connectivity index (χ1) is 24.5. The maximum absolute atomic E-state index is 2.92. The van der Waals surface area contributed by atoms with Crippen LogP contribution in [0.4, 0.5) is 0 Å². The van der Waals surface area contributed by atoms with Gasteiger partial charge in [-0.15, -0.1) is 0 Å². The molecule has 0 fully saturated rings. The molecule has 0 nitrogen and oxygen atoms in total. The third-order valence-corrected chi connectivity index (χ3v) is 31.4. The minimum absolute atomic E-state index is 0.401. The molecule has 0 bridgehead atoms. The van der Waals surface area contributed by atoms with Gasteiger partial charge in [0.1, 0.15) is 0 Å². The minimum Gasteiger partial charge on any atom is -0.0656 e. The van der Waals surface area contributed by atoms with Gasteiger partial charge in [-0.25, -0.2) is 0 Å². The second kappa shape index (κ2) is 14.7. The van der Waals surface area contributed by atoms with Crippen molar-refractivity contribution >= 4 is 103 Å². The number of benzene rings is 3. The molecule has 302 valence electrons. The lowest BCUT2D eigenvalue weighted by Crippen LogP contribution is -2.74. The highest BCUT2D eigenvalue weighted by molar-refractivity contribution is 7.17. The van der Waals surface area contributed by atoms with Crippen LogP contribution in [0.25, 0.3) is 0 Å². The molecule has 55 heavy (non-hydrogen) atoms. The maximum atomic E-state index is 2.86. The molecule has 0 N–H and O–H groups in total. The standard InChI is InChI=1S/C48H82Si7/c1-32-26-39(29-42(49(8,9)10)45(32)52(17,18)19)55(48-37(6)35(4)36(5)38(48)7,40-27-33(2)46(53(20,21)22)43(30-40)50(11,12)13)41-28-34(3)47(54(23,24)25)44(31-41)51(14,15)16/h26-31,37H,1-25H3. The molecule has 3 aromatic carbocycles. The summed E-state index contributed by atoms with van der Waals surface area (Å²) in [6.07, 6.45) is 0. The van der Waals surface area contributed by atoms with Gasteiger partial charge in [0.15, 0.2) is 8.07 Å². The van der Waals surface area contributed by atoms with Crippen molar-refractivity contribution in [2.45, 2.75) is 166 Å². The van der Waals surface area contributed by atoms with Crippen LogP contribution in [-0.2, 0) is 0 Å². The van der Waals surface area contributed by atoms with Crippen LogP contribution >= 0.6 is 0 Å². The lowest BCUT2D eigenvalue weighted by Gasteiger charge is -2.43. The number of rotatable bonds is 10. The van der Waals surface area contributed by atoms with Crippen molar-refractivity contribution < 1.29 is 0 Å². The summed E-state index contributed by atoms with van der Waals surface area (Å²) in [6.45, 7) is 64.2. The fourth-order valence-corrected chi connectivity index (χ4v) is 34.8. The molecule has 0 radical (unpaired) electrons. The maximum Gasteiger partial charge on any atom is 0.176 e. The second-order valence-corrected chi connectivity index (χ2v) is 57.9. The summed E-state index contributed by atoms with van der Waals surface area (Å²) in [4.78, 5) is 0. The van der Waals surface area contributed by atoms with Gasteiger partial charge in [0.25, 0.3) is 0 Å². The van der Waals surface area contributed by atoms with Gasteiger partial charge >= 0.3 is 0 Å². The first-order valence-electron chi connectivity index (χ1n) is 21.4. The summed E-state index contributed by atoms with van der Waals surface area (Å²) in [5.41, 5.74) is 9.34. The molecule has 0 spiro atoms. The Bertz CT molecular complexity index is 1870. The molecule has 0 amide bonds. The monoisotopic (exact) mass is 854 g/mol. The fraction of sp³-hybridized carbons (Fsp3) is 0.542. The van der Waals surface area contributed by atoms with Crippen molar-refractivity contribution in [3.8, 4) is 0 Å². The Morgan fingerprint density at radius 1 is 0.345 bits per heavy atom. The SMILES string of the molecule is CC1=C(C)C(C)C([Si](c2cc(C)c([Si](C)(C)C)c([Si](C)(C)C)c2)(c2cc(C)c([Si](C)(C)C)c([Si](C)(C)C)c2)c2cc(C)c([Si](C)(C)C)c([Si](C)(C)C)c2)=C1C. The van der Waals surface area contributed by atoms with Crippen LogP contribution in [0.1, 0.15) is 44.4 Å². The first kappa shape index (κ1) is 46.3. The van der Waals surface area contributed by atoms with Crippen molar-refractivity contribution in [1.29, 1.82) is 0 Å². The number of allylic oxidation sites excluding steroid dienone is 4. The van der Waals surface area contributed by atoms with E-state index in [0.29, 0.717) is 5.92 Å². The van der Waals surface area contributed by atoms with E-state index in [4.69, 9.17) is 0 Å². The van der Waals surface area contributed by atoms with Crippen molar-refractivity contribution in [2.24, 2.45) is 5.92 Å². The van der Waals surface area contributed by atoms with E-state index >= 15 is 0 Å². The molecule has 0 heterocycles. The number of aryl methyl sites for hydroxylation is 3. The van der Waals surface area contributed by atoms with Crippen molar-refractivity contribution in [1.82, 2.24) is 0 Å². The molecule has 0 saturated heterocycles. The zero-order chi connectivity index (χ0) is 42.6. The molecular formula is C48H82Si7. The van der Waals surface area contributed by atoms with Gasteiger partial charge in [-0.2, -0.15) is 0 Å². The lowest BCUT2D eigenvalue weighted by molar-refractivity contribution is 0.851. The van der Waals surface area contributed by atoms with Crippen LogP contribution in [-0.4, -0.2) is 56.5 Å². The summed E-state index contributed by atoms with van der Waals surface area (Å²) in [5.74, 6) is 0.401. The normalized spacial score (nSPS) is 16.9. The molecular weight excluding hydrogens is 773 g/mol. The van der Waals surface area contributed by atoms with Crippen molar-refractivity contribution in [3.63, 3.8) is 0 Å². The molecule has 1 unspecified atom stereocenters. The summed E-state index contributed by atoms with van der Waals surface area (Å²) in [6, 6.07) is 16.9. The predicted octanol–water partition coefficient (Wildman–Crippen LogP) is 9.20. The fourth-order valence-electron chi connectivity index (χ4n) is 10.7. The van der Waals surface area contributed by atoms with Gasteiger partial charge in [-0.05, 0) is 68.6 Å². The van der Waals surface area contributed by atoms with Crippen LogP contribution < -0.4 is 46.7 Å². The summed E-state index contributed by atoms with van der Waals surface area (Å²) >= 11 is 0. The average molecular weight is 856 g/mol. The van der Waals surface area contributed by atoms with E-state index in [1.165, 1.54) is 5.57 Å². The molecule has 0 aromatic heterocycles. The Morgan fingerprint density at radius 2 is 0.600 bits per heavy atom. The zero-order valence-corrected chi connectivity index (χ0v) is 47.5. The van der Waals surface area contributed by atoms with Crippen LogP contribution in [0.5, 0.6) is 0 Å². The third-order valence-electron chi connectivity index (χ3n) is 13.0. The molecule has 1 aliphatic carbocycles. The van der Waals surface area contributed by atoms with Crippen LogP contribution in [0.3, 0.4) is 0 Å². The number of hydrogen-bond donors (Lipinski definition) is 0. The molecule has 3 aromatic rings. The predicted molar refractivity (Wildman–Crippen MR) is 276 cm³/mol. The smallest absolute Gasteiger partial charge is 0.0656 e. The second-order valence-electron chi connectivity index (χ2n) is 24.0. The first-order valence-corrected chi connectivity index (χ1v) is 44.4. The quantitative estimate of drug-likeness (QED) is 0.141. The van der Waals surface area contributed by atoms with Gasteiger partial charge < -0.3 is 0 Å². The van der Waals surface area contributed by atoms with E-state index < -0.39 is 56.5 Å². The van der Waals surface area contributed by atoms with E-state index in [1.54, 1.807) is 79.7 Å². The van der Waals surface area contributed by atoms with E-state index in [1.807, 2.05) is 0 Å². The highest BCUT2D eigenvalue weighted by atomic mass is 28.3. The Balaban J connectivity index is 2.55. The van der Waals surface area contributed by atoms with Crippen LogP contribution in [0.2, 0.25) is 118 Å². The summed E-state index contributed by atoms with van der Waals surface area (Å²) in [7, 11) is -13.1. The Hall–Kier alpha value is -1.34. The van der Waals surface area contributed by atoms with E-state index in [2.05, 4.69) is 203 Å². The molecule has 1 aliphatic rings. The highest BCUT2D eigenvalue weighted by Crippen LogP contribution is 2.41. The van der Waals surface area contributed by atoms with Crippen molar-refractivity contribution in [3.05, 3.63) is 75.0 Å².